The number of hydrogen-bond acceptors (Lipinski definition) is 4. The van der Waals surface area contributed by atoms with Gasteiger partial charge in [-0.15, -0.1) is 0 Å². The van der Waals surface area contributed by atoms with Gasteiger partial charge in [0.05, 0.1) is 4.90 Å². The highest BCUT2D eigenvalue weighted by molar-refractivity contribution is 7.85. The van der Waals surface area contributed by atoms with Crippen LogP contribution in [0.5, 0.6) is 0 Å². The molecule has 2 aliphatic heterocycles. The van der Waals surface area contributed by atoms with E-state index >= 15 is 0 Å². The van der Waals surface area contributed by atoms with Crippen molar-refractivity contribution in [3.63, 3.8) is 0 Å². The lowest BCUT2D eigenvalue weighted by molar-refractivity contribution is 0.463. The summed E-state index contributed by atoms with van der Waals surface area (Å²) in [5.41, 5.74) is 5.89. The highest BCUT2D eigenvalue weighted by Gasteiger charge is 2.20. The number of benzene rings is 3. The molecule has 0 aliphatic carbocycles. The van der Waals surface area contributed by atoms with Crippen LogP contribution < -0.4 is 20.1 Å². The molecule has 0 saturated heterocycles. The van der Waals surface area contributed by atoms with E-state index in [1.54, 1.807) is 18.2 Å². The van der Waals surface area contributed by atoms with Gasteiger partial charge in [-0.3, -0.25) is 0 Å². The van der Waals surface area contributed by atoms with Crippen molar-refractivity contribution in [1.82, 2.24) is 4.58 Å². The first-order valence-corrected chi connectivity index (χ1v) is 12.8. The second kappa shape index (κ2) is 8.43. The molecule has 6 heteroatoms. The van der Waals surface area contributed by atoms with Gasteiger partial charge < -0.3 is 9.45 Å². The number of nitrogens with zero attached hydrogens (tertiary/aromatic N) is 2. The molecule has 170 valence electrons. The van der Waals surface area contributed by atoms with Crippen molar-refractivity contribution in [3.8, 4) is 0 Å². The standard InChI is InChI=1S/C27H28N2O3S/c1-28-15-5-7-19-17-21(11-13-24(19)28)27(23-9-3-4-10-26(23)33(30,31)32)22-12-14-25-20(18-22)8-6-16-29(25)2/h3-4,9-14,17-18H,5-8,15-16H2,1-2H3. The summed E-state index contributed by atoms with van der Waals surface area (Å²) in [6.07, 6.45) is 4.13. The second-order valence-electron chi connectivity index (χ2n) is 9.06. The molecule has 0 saturated carbocycles. The van der Waals surface area contributed by atoms with E-state index in [9.17, 15) is 13.0 Å². The van der Waals surface area contributed by atoms with E-state index in [0.29, 0.717) is 5.56 Å². The molecule has 0 amide bonds. The maximum atomic E-state index is 12.2. The third kappa shape index (κ3) is 4.09. The van der Waals surface area contributed by atoms with Crippen molar-refractivity contribution in [2.45, 2.75) is 30.6 Å². The lowest BCUT2D eigenvalue weighted by atomic mass is 9.90. The number of hydrogen-bond donors (Lipinski definition) is 0. The van der Waals surface area contributed by atoms with Crippen LogP contribution in [0.15, 0.2) is 65.6 Å². The van der Waals surface area contributed by atoms with Crippen LogP contribution >= 0.6 is 0 Å². The van der Waals surface area contributed by atoms with Crippen molar-refractivity contribution < 1.29 is 13.0 Å². The minimum atomic E-state index is -4.63. The quantitative estimate of drug-likeness (QED) is 0.445. The van der Waals surface area contributed by atoms with Gasteiger partial charge in [-0.25, -0.2) is 13.0 Å². The summed E-state index contributed by atoms with van der Waals surface area (Å²) in [4.78, 5) is 2.08. The van der Waals surface area contributed by atoms with E-state index in [0.717, 1.165) is 55.1 Å². The summed E-state index contributed by atoms with van der Waals surface area (Å²) in [5, 5.41) is 2.14. The average Bonchev–Trinajstić information content (AvgIpc) is 2.79. The van der Waals surface area contributed by atoms with Gasteiger partial charge in [0.25, 0.3) is 0 Å². The Balaban J connectivity index is 1.85. The topological polar surface area (TPSA) is 63.4 Å². The molecule has 0 spiro atoms. The Morgan fingerprint density at radius 2 is 1.76 bits per heavy atom. The highest BCUT2D eigenvalue weighted by Crippen LogP contribution is 2.32. The second-order valence-corrected chi connectivity index (χ2v) is 10.4. The highest BCUT2D eigenvalue weighted by atomic mass is 32.2. The predicted octanol–water partition coefficient (Wildman–Crippen LogP) is 2.29. The van der Waals surface area contributed by atoms with Crippen molar-refractivity contribution in [3.05, 3.63) is 93.5 Å². The summed E-state index contributed by atoms with van der Waals surface area (Å²) in [6, 6.07) is 19.2. The van der Waals surface area contributed by atoms with E-state index in [1.807, 2.05) is 0 Å². The van der Waals surface area contributed by atoms with Gasteiger partial charge in [0, 0.05) is 42.9 Å². The molecule has 0 atom stereocenters. The van der Waals surface area contributed by atoms with Gasteiger partial charge in [-0.2, -0.15) is 0 Å². The first-order valence-electron chi connectivity index (χ1n) is 11.4. The molecule has 0 bridgehead atoms. The predicted molar refractivity (Wildman–Crippen MR) is 130 cm³/mol. The number of rotatable bonds is 3. The first kappa shape index (κ1) is 21.9. The van der Waals surface area contributed by atoms with E-state index in [4.69, 9.17) is 0 Å². The zero-order chi connectivity index (χ0) is 23.2. The van der Waals surface area contributed by atoms with Gasteiger partial charge in [0.1, 0.15) is 23.7 Å². The minimum Gasteiger partial charge on any atom is -0.744 e. The van der Waals surface area contributed by atoms with Crippen LogP contribution in [0.1, 0.15) is 35.1 Å². The molecule has 33 heavy (non-hydrogen) atoms. The molecule has 0 unspecified atom stereocenters. The summed E-state index contributed by atoms with van der Waals surface area (Å²) >= 11 is 0. The van der Waals surface area contributed by atoms with E-state index in [2.05, 4.69) is 60.0 Å². The number of aryl methyl sites for hydroxylation is 2. The van der Waals surface area contributed by atoms with Crippen LogP contribution in [0.4, 0.5) is 5.69 Å². The van der Waals surface area contributed by atoms with Crippen LogP contribution in [-0.2, 0) is 23.0 Å². The fraction of sp³-hybridized carbons (Fsp3) is 0.296. The molecular weight excluding hydrogens is 432 g/mol. The lowest BCUT2D eigenvalue weighted by Crippen LogP contribution is -2.35. The third-order valence-corrected chi connectivity index (χ3v) is 7.76. The van der Waals surface area contributed by atoms with Crippen molar-refractivity contribution in [2.24, 2.45) is 0 Å². The smallest absolute Gasteiger partial charge is 0.202 e. The van der Waals surface area contributed by atoms with Crippen LogP contribution in [0.3, 0.4) is 0 Å². The summed E-state index contributed by atoms with van der Waals surface area (Å²) < 4.78 is 38.8. The Morgan fingerprint density at radius 1 is 0.970 bits per heavy atom. The molecule has 2 aliphatic rings. The largest absolute Gasteiger partial charge is 0.744 e. The van der Waals surface area contributed by atoms with Crippen LogP contribution in [-0.4, -0.2) is 40.2 Å². The van der Waals surface area contributed by atoms with Crippen LogP contribution in [0.25, 0.3) is 5.57 Å². The SMILES string of the molecule is CN1CCCc2cc(/C(c3ccccc3S(=O)(=O)[O-])=c3\ccc4c(c3)CCC[N+]=4C)ccc21. The van der Waals surface area contributed by atoms with E-state index in [1.165, 1.54) is 28.2 Å². The Kier molecular flexibility index (Phi) is 5.59. The van der Waals surface area contributed by atoms with Gasteiger partial charge in [0.2, 0.25) is 5.36 Å². The molecule has 5 rings (SSSR count). The van der Waals surface area contributed by atoms with Gasteiger partial charge in [-0.1, -0.05) is 24.3 Å². The lowest BCUT2D eigenvalue weighted by Gasteiger charge is -2.28. The molecule has 0 fully saturated rings. The fourth-order valence-corrected chi connectivity index (χ4v) is 5.94. The normalized spacial score (nSPS) is 16.8. The molecule has 2 heterocycles. The zero-order valence-corrected chi connectivity index (χ0v) is 19.9. The van der Waals surface area contributed by atoms with Gasteiger partial charge in [-0.05, 0) is 71.5 Å². The maximum Gasteiger partial charge on any atom is 0.202 e. The molecule has 0 aromatic heterocycles. The molecule has 3 aromatic rings. The van der Waals surface area contributed by atoms with Crippen molar-refractivity contribution in [1.29, 1.82) is 0 Å². The third-order valence-electron chi connectivity index (χ3n) is 6.86. The number of fused-ring (bicyclic) bond motifs is 2. The minimum absolute atomic E-state index is 0.176. The summed E-state index contributed by atoms with van der Waals surface area (Å²) in [5.74, 6) is 0. The molecule has 0 radical (unpaired) electrons. The monoisotopic (exact) mass is 460 g/mol. The average molecular weight is 461 g/mol. The van der Waals surface area contributed by atoms with Crippen molar-refractivity contribution in [2.75, 3.05) is 32.1 Å². The van der Waals surface area contributed by atoms with Crippen LogP contribution in [0, 0.1) is 0 Å². The fourth-order valence-electron chi connectivity index (χ4n) is 5.25. The molecule has 3 aromatic carbocycles. The Bertz CT molecular complexity index is 1480. The van der Waals surface area contributed by atoms with Crippen LogP contribution in [0.2, 0.25) is 0 Å². The van der Waals surface area contributed by atoms with E-state index in [-0.39, 0.29) is 4.90 Å². The molecule has 5 nitrogen and oxygen atoms in total. The number of anilines is 1. The summed E-state index contributed by atoms with van der Waals surface area (Å²) in [7, 11) is -0.436. The Morgan fingerprint density at radius 3 is 2.58 bits per heavy atom. The Labute approximate surface area is 195 Å². The summed E-state index contributed by atoms with van der Waals surface area (Å²) in [6.45, 7) is 2.05. The zero-order valence-electron chi connectivity index (χ0n) is 19.0. The Hall–Kier alpha value is -2.96. The van der Waals surface area contributed by atoms with E-state index < -0.39 is 10.1 Å². The first-order chi connectivity index (χ1) is 15.8. The van der Waals surface area contributed by atoms with Gasteiger partial charge >= 0.3 is 0 Å². The van der Waals surface area contributed by atoms with Gasteiger partial charge in [0.15, 0.2) is 0 Å². The van der Waals surface area contributed by atoms with Crippen molar-refractivity contribution >= 4 is 21.4 Å². The maximum absolute atomic E-state index is 12.2. The molecular formula is C27H28N2O3S. The molecule has 0 N–H and O–H groups in total.